The van der Waals surface area contributed by atoms with Crippen molar-refractivity contribution in [2.75, 3.05) is 13.1 Å². The van der Waals surface area contributed by atoms with Gasteiger partial charge < -0.3 is 4.90 Å². The highest BCUT2D eigenvalue weighted by Crippen LogP contribution is 2.42. The van der Waals surface area contributed by atoms with E-state index >= 15 is 0 Å². The third-order valence-corrected chi connectivity index (χ3v) is 5.39. The van der Waals surface area contributed by atoms with Gasteiger partial charge in [-0.2, -0.15) is 5.10 Å². The van der Waals surface area contributed by atoms with Crippen molar-refractivity contribution < 1.29 is 4.79 Å². The van der Waals surface area contributed by atoms with Crippen LogP contribution in [0.5, 0.6) is 0 Å². The molecular formula is C17H27N3O. The van der Waals surface area contributed by atoms with Crippen molar-refractivity contribution in [2.45, 2.75) is 64.8 Å². The van der Waals surface area contributed by atoms with Crippen LogP contribution in [0.2, 0.25) is 0 Å². The van der Waals surface area contributed by atoms with Crippen molar-refractivity contribution in [1.29, 1.82) is 0 Å². The van der Waals surface area contributed by atoms with Gasteiger partial charge in [-0.3, -0.25) is 9.48 Å². The fraction of sp³-hybridized carbons (Fsp3) is 0.765. The molecule has 2 aliphatic rings. The van der Waals surface area contributed by atoms with E-state index in [1.165, 1.54) is 12.0 Å². The van der Waals surface area contributed by atoms with Crippen LogP contribution in [-0.2, 0) is 4.79 Å². The zero-order valence-corrected chi connectivity index (χ0v) is 13.5. The Morgan fingerprint density at radius 3 is 2.48 bits per heavy atom. The Kier molecular flexibility index (Phi) is 3.80. The molecule has 116 valence electrons. The summed E-state index contributed by atoms with van der Waals surface area (Å²) < 4.78 is 2.11. The maximum atomic E-state index is 12.5. The van der Waals surface area contributed by atoms with Crippen LogP contribution in [0.25, 0.3) is 0 Å². The van der Waals surface area contributed by atoms with Crippen LogP contribution in [0, 0.1) is 5.41 Å². The second kappa shape index (κ2) is 5.47. The smallest absolute Gasteiger partial charge is 0.228 e. The molecule has 4 nitrogen and oxygen atoms in total. The first-order chi connectivity index (χ1) is 9.99. The van der Waals surface area contributed by atoms with E-state index in [0.29, 0.717) is 17.9 Å². The van der Waals surface area contributed by atoms with Crippen LogP contribution >= 0.6 is 0 Å². The van der Waals surface area contributed by atoms with E-state index in [1.54, 1.807) is 0 Å². The quantitative estimate of drug-likeness (QED) is 0.855. The van der Waals surface area contributed by atoms with E-state index < -0.39 is 0 Å². The van der Waals surface area contributed by atoms with E-state index in [2.05, 4.69) is 41.6 Å². The summed E-state index contributed by atoms with van der Waals surface area (Å²) >= 11 is 0. The second-order valence-corrected chi connectivity index (χ2v) is 7.35. The number of aromatic nitrogens is 2. The van der Waals surface area contributed by atoms with E-state index in [0.717, 1.165) is 38.8 Å². The fourth-order valence-electron chi connectivity index (χ4n) is 3.49. The molecule has 0 N–H and O–H groups in total. The van der Waals surface area contributed by atoms with Crippen LogP contribution in [0.3, 0.4) is 0 Å². The monoisotopic (exact) mass is 289 g/mol. The van der Waals surface area contributed by atoms with Gasteiger partial charge >= 0.3 is 0 Å². The predicted octanol–water partition coefficient (Wildman–Crippen LogP) is 3.36. The Hall–Kier alpha value is -1.32. The van der Waals surface area contributed by atoms with E-state index in [4.69, 9.17) is 0 Å². The maximum Gasteiger partial charge on any atom is 0.228 e. The summed E-state index contributed by atoms with van der Waals surface area (Å²) in [5, 5.41) is 4.52. The number of nitrogens with zero attached hydrogens (tertiary/aromatic N) is 3. The van der Waals surface area contributed by atoms with Gasteiger partial charge in [-0.15, -0.1) is 0 Å². The number of rotatable bonds is 3. The van der Waals surface area contributed by atoms with Gasteiger partial charge in [0.15, 0.2) is 0 Å². The molecule has 2 heterocycles. The van der Waals surface area contributed by atoms with Gasteiger partial charge in [0.1, 0.15) is 0 Å². The fourth-order valence-corrected chi connectivity index (χ4v) is 3.49. The number of carbonyl (C=O) groups is 1. The van der Waals surface area contributed by atoms with Crippen molar-refractivity contribution in [3.05, 3.63) is 18.0 Å². The van der Waals surface area contributed by atoms with Gasteiger partial charge in [-0.1, -0.05) is 27.2 Å². The average molecular weight is 289 g/mol. The molecule has 3 rings (SSSR count). The zero-order chi connectivity index (χ0) is 15.0. The minimum atomic E-state index is -0.0522. The van der Waals surface area contributed by atoms with Crippen molar-refractivity contribution in [1.82, 2.24) is 14.7 Å². The Morgan fingerprint density at radius 1 is 1.33 bits per heavy atom. The molecule has 0 unspecified atom stereocenters. The van der Waals surface area contributed by atoms with Crippen molar-refractivity contribution in [3.8, 4) is 0 Å². The van der Waals surface area contributed by atoms with Gasteiger partial charge in [0, 0.05) is 24.7 Å². The third kappa shape index (κ3) is 2.72. The van der Waals surface area contributed by atoms with E-state index in [9.17, 15) is 4.79 Å². The average Bonchev–Trinajstić information content (AvgIpc) is 2.94. The lowest BCUT2D eigenvalue weighted by Crippen LogP contribution is -2.49. The van der Waals surface area contributed by atoms with Gasteiger partial charge in [0.25, 0.3) is 0 Å². The third-order valence-electron chi connectivity index (χ3n) is 5.39. The van der Waals surface area contributed by atoms with Crippen LogP contribution in [0.1, 0.15) is 70.4 Å². The van der Waals surface area contributed by atoms with Gasteiger partial charge in [-0.25, -0.2) is 0 Å². The Labute approximate surface area is 127 Å². The summed E-state index contributed by atoms with van der Waals surface area (Å²) in [7, 11) is 0. The first kappa shape index (κ1) is 14.6. The van der Waals surface area contributed by atoms with Crippen molar-refractivity contribution in [2.24, 2.45) is 5.41 Å². The molecule has 4 heteroatoms. The molecule has 1 aromatic rings. The van der Waals surface area contributed by atoms with Crippen LogP contribution in [-0.4, -0.2) is 33.7 Å². The minimum absolute atomic E-state index is 0.0522. The van der Waals surface area contributed by atoms with Gasteiger partial charge in [0.05, 0.1) is 12.2 Å². The van der Waals surface area contributed by atoms with E-state index in [1.807, 2.05) is 6.20 Å². The molecule has 1 saturated carbocycles. The zero-order valence-electron chi connectivity index (χ0n) is 13.5. The predicted molar refractivity (Wildman–Crippen MR) is 83.1 cm³/mol. The van der Waals surface area contributed by atoms with Gasteiger partial charge in [0.2, 0.25) is 5.91 Å². The molecule has 0 radical (unpaired) electrons. The van der Waals surface area contributed by atoms with Crippen LogP contribution < -0.4 is 0 Å². The summed E-state index contributed by atoms with van der Waals surface area (Å²) in [5.41, 5.74) is 1.25. The summed E-state index contributed by atoms with van der Waals surface area (Å²) in [4.78, 5) is 14.6. The molecular weight excluding hydrogens is 262 g/mol. The number of amides is 1. The Balaban J connectivity index is 1.58. The molecule has 1 amide bonds. The van der Waals surface area contributed by atoms with Crippen molar-refractivity contribution >= 4 is 5.91 Å². The topological polar surface area (TPSA) is 38.1 Å². The SMILES string of the molecule is CC(C)c1cnn(C2CCN(C(=O)C3(C)CCC3)CC2)c1. The standard InChI is InChI=1S/C17H27N3O/c1-13(2)14-11-18-20(12-14)15-5-9-19(10-6-15)16(21)17(3)7-4-8-17/h11-13,15H,4-10H2,1-3H3. The molecule has 1 aliphatic heterocycles. The molecule has 0 bridgehead atoms. The highest BCUT2D eigenvalue weighted by atomic mass is 16.2. The summed E-state index contributed by atoms with van der Waals surface area (Å²) in [6, 6.07) is 0.454. The molecule has 1 saturated heterocycles. The minimum Gasteiger partial charge on any atom is -0.342 e. The first-order valence-electron chi connectivity index (χ1n) is 8.33. The molecule has 0 atom stereocenters. The van der Waals surface area contributed by atoms with Crippen LogP contribution in [0.4, 0.5) is 0 Å². The van der Waals surface area contributed by atoms with Crippen LogP contribution in [0.15, 0.2) is 12.4 Å². The molecule has 21 heavy (non-hydrogen) atoms. The van der Waals surface area contributed by atoms with Crippen molar-refractivity contribution in [3.63, 3.8) is 0 Å². The number of piperidine rings is 1. The molecule has 0 aromatic carbocycles. The molecule has 1 aliphatic carbocycles. The molecule has 0 spiro atoms. The number of hydrogen-bond acceptors (Lipinski definition) is 2. The lowest BCUT2D eigenvalue weighted by molar-refractivity contribution is -0.147. The summed E-state index contributed by atoms with van der Waals surface area (Å²) in [5.74, 6) is 0.912. The Bertz CT molecular complexity index is 508. The highest BCUT2D eigenvalue weighted by molar-refractivity contribution is 5.83. The maximum absolute atomic E-state index is 12.5. The summed E-state index contributed by atoms with van der Waals surface area (Å²) in [6.45, 7) is 8.29. The first-order valence-corrected chi connectivity index (χ1v) is 8.33. The number of carbonyl (C=O) groups excluding carboxylic acids is 1. The highest BCUT2D eigenvalue weighted by Gasteiger charge is 2.42. The summed E-state index contributed by atoms with van der Waals surface area (Å²) in [6.07, 6.45) is 9.58. The largest absolute Gasteiger partial charge is 0.342 e. The molecule has 2 fully saturated rings. The number of likely N-dealkylation sites (tertiary alicyclic amines) is 1. The normalized spacial score (nSPS) is 22.4. The van der Waals surface area contributed by atoms with E-state index in [-0.39, 0.29) is 5.41 Å². The number of hydrogen-bond donors (Lipinski definition) is 0. The lowest BCUT2D eigenvalue weighted by Gasteiger charge is -2.43. The van der Waals surface area contributed by atoms with Gasteiger partial charge in [-0.05, 0) is 37.2 Å². The lowest BCUT2D eigenvalue weighted by atomic mass is 9.69. The Morgan fingerprint density at radius 2 is 2.00 bits per heavy atom. The molecule has 1 aromatic heterocycles. The second-order valence-electron chi connectivity index (χ2n) is 7.35.